The Kier molecular flexibility index (Phi) is 6.83. The molecule has 4 rings (SSSR count). The Hall–Kier alpha value is -3.14. The van der Waals surface area contributed by atoms with Crippen molar-refractivity contribution < 1.29 is 19.1 Å². The fourth-order valence-corrected chi connectivity index (χ4v) is 4.80. The molecule has 0 bridgehead atoms. The van der Waals surface area contributed by atoms with E-state index in [0.29, 0.717) is 41.9 Å². The van der Waals surface area contributed by atoms with Crippen LogP contribution in [-0.4, -0.2) is 54.8 Å². The highest BCUT2D eigenvalue weighted by atomic mass is 32.2. The highest BCUT2D eigenvalue weighted by molar-refractivity contribution is 8.13. The maximum absolute atomic E-state index is 12.9. The van der Waals surface area contributed by atoms with Gasteiger partial charge in [0.25, 0.3) is 0 Å². The first-order valence-corrected chi connectivity index (χ1v) is 12.0. The van der Waals surface area contributed by atoms with Gasteiger partial charge in [-0.25, -0.2) is 9.59 Å². The quantitative estimate of drug-likeness (QED) is 0.528. The van der Waals surface area contributed by atoms with Gasteiger partial charge < -0.3 is 14.6 Å². The van der Waals surface area contributed by atoms with Crippen LogP contribution in [0.5, 0.6) is 0 Å². The lowest BCUT2D eigenvalue weighted by Crippen LogP contribution is -2.44. The third-order valence-corrected chi connectivity index (χ3v) is 7.05. The molecule has 0 saturated carbocycles. The molecule has 1 saturated heterocycles. The van der Waals surface area contributed by atoms with Crippen LogP contribution in [0.4, 0.5) is 0 Å². The summed E-state index contributed by atoms with van der Waals surface area (Å²) < 4.78 is 6.75. The minimum atomic E-state index is -0.645. The van der Waals surface area contributed by atoms with Crippen LogP contribution in [0, 0.1) is 5.92 Å². The number of carbonyl (C=O) groups is 3. The Morgan fingerprint density at radius 3 is 2.88 bits per heavy atom. The van der Waals surface area contributed by atoms with E-state index in [4.69, 9.17) is 4.74 Å². The average molecular weight is 471 g/mol. The number of nitrogens with zero attached hydrogens (tertiary/aromatic N) is 3. The number of nitrogens with one attached hydrogen (secondary N) is 1. The first-order valence-electron chi connectivity index (χ1n) is 11.0. The maximum atomic E-state index is 12.9. The van der Waals surface area contributed by atoms with Crippen LogP contribution in [0.15, 0.2) is 35.1 Å². The first kappa shape index (κ1) is 23.0. The molecule has 2 aromatic heterocycles. The summed E-state index contributed by atoms with van der Waals surface area (Å²) in [4.78, 5) is 53.8. The summed E-state index contributed by atoms with van der Waals surface area (Å²) in [7, 11) is 0. The number of H-pyrrole nitrogens is 1. The molecule has 1 aliphatic rings. The van der Waals surface area contributed by atoms with E-state index in [2.05, 4.69) is 10.1 Å². The Balaban J connectivity index is 1.43. The predicted molar refractivity (Wildman–Crippen MR) is 125 cm³/mol. The lowest BCUT2D eigenvalue weighted by atomic mass is 10.1. The van der Waals surface area contributed by atoms with Crippen molar-refractivity contribution in [2.45, 2.75) is 45.8 Å². The Labute approximate surface area is 194 Å². The van der Waals surface area contributed by atoms with Gasteiger partial charge in [0.2, 0.25) is 5.91 Å². The Morgan fingerprint density at radius 1 is 1.30 bits per heavy atom. The molecule has 1 unspecified atom stereocenters. The molecule has 1 fully saturated rings. The lowest BCUT2D eigenvalue weighted by Gasteiger charge is -2.26. The number of aromatic nitrogens is 3. The molecule has 174 valence electrons. The lowest BCUT2D eigenvalue weighted by molar-refractivity contribution is -0.155. The minimum Gasteiger partial charge on any atom is -0.458 e. The Morgan fingerprint density at radius 2 is 2.09 bits per heavy atom. The second-order valence-corrected chi connectivity index (χ2v) is 9.22. The van der Waals surface area contributed by atoms with Crippen molar-refractivity contribution in [3.63, 3.8) is 0 Å². The van der Waals surface area contributed by atoms with E-state index in [-0.39, 0.29) is 29.2 Å². The van der Waals surface area contributed by atoms with Crippen LogP contribution in [0.1, 0.15) is 38.8 Å². The first-order chi connectivity index (χ1) is 15.9. The zero-order valence-electron chi connectivity index (χ0n) is 18.6. The van der Waals surface area contributed by atoms with Crippen molar-refractivity contribution in [3.8, 4) is 0 Å². The topological polar surface area (TPSA) is 114 Å². The van der Waals surface area contributed by atoms with E-state index < -0.39 is 12.0 Å². The number of esters is 1. The van der Waals surface area contributed by atoms with Crippen LogP contribution >= 0.6 is 11.8 Å². The van der Waals surface area contributed by atoms with Crippen molar-refractivity contribution in [1.29, 1.82) is 0 Å². The number of ether oxygens (including phenoxy) is 1. The highest BCUT2D eigenvalue weighted by Crippen LogP contribution is 2.24. The molecule has 0 aliphatic carbocycles. The average Bonchev–Trinajstić information content (AvgIpc) is 3.48. The maximum Gasteiger partial charge on any atom is 0.347 e. The molecule has 1 amide bonds. The number of hydrogen-bond donors (Lipinski definition) is 1. The number of amides is 1. The van der Waals surface area contributed by atoms with Crippen LogP contribution in [-0.2, 0) is 25.7 Å². The molecule has 10 heteroatoms. The van der Waals surface area contributed by atoms with Crippen molar-refractivity contribution >= 4 is 45.2 Å². The van der Waals surface area contributed by atoms with Crippen molar-refractivity contribution in [1.82, 2.24) is 19.5 Å². The highest BCUT2D eigenvalue weighted by Gasteiger charge is 2.37. The van der Waals surface area contributed by atoms with Gasteiger partial charge in [0.1, 0.15) is 18.3 Å². The standard InChI is InChI=1S/C23H26N4O5S/c1-3-20(28)33-13-14(2)21(29)26-10-6-9-18(26)22(30)32-12-15-11-19-16-7-4-5-8-17(16)24-23(31)27(19)25-15/h4-5,7-8,11,14,18H,3,6,9-10,12-13H2,1-2H3,(H,24,31)/t14?,18-/m0/s1. The van der Waals surface area contributed by atoms with Gasteiger partial charge in [-0.15, -0.1) is 0 Å². The second-order valence-electron chi connectivity index (χ2n) is 8.14. The SMILES string of the molecule is CCC(=O)SCC(C)C(=O)N1CCC[C@H]1C(=O)OCc1cc2c3ccccc3[nH]c(=O)n2n1. The monoisotopic (exact) mass is 470 g/mol. The van der Waals surface area contributed by atoms with E-state index in [1.807, 2.05) is 24.3 Å². The van der Waals surface area contributed by atoms with Crippen molar-refractivity contribution in [2.24, 2.45) is 5.92 Å². The Bertz CT molecular complexity index is 1270. The molecule has 3 aromatic rings. The molecular weight excluding hydrogens is 444 g/mol. The third-order valence-electron chi connectivity index (χ3n) is 5.77. The van der Waals surface area contributed by atoms with Crippen LogP contribution in [0.2, 0.25) is 0 Å². The number of carbonyl (C=O) groups excluding carboxylic acids is 3. The van der Waals surface area contributed by atoms with Crippen molar-refractivity contribution in [2.75, 3.05) is 12.3 Å². The van der Waals surface area contributed by atoms with Gasteiger partial charge in [0.15, 0.2) is 5.12 Å². The zero-order chi connectivity index (χ0) is 23.5. The number of likely N-dealkylation sites (tertiary alicyclic amines) is 1. The predicted octanol–water partition coefficient (Wildman–Crippen LogP) is 2.52. The van der Waals surface area contributed by atoms with E-state index >= 15 is 0 Å². The summed E-state index contributed by atoms with van der Waals surface area (Å²) in [6.07, 6.45) is 1.68. The van der Waals surface area contributed by atoms with Crippen LogP contribution in [0.25, 0.3) is 16.4 Å². The van der Waals surface area contributed by atoms with Gasteiger partial charge in [-0.1, -0.05) is 43.8 Å². The molecule has 1 N–H and O–H groups in total. The molecule has 9 nitrogen and oxygen atoms in total. The fourth-order valence-electron chi connectivity index (χ4n) is 4.02. The van der Waals surface area contributed by atoms with Gasteiger partial charge >= 0.3 is 11.7 Å². The van der Waals surface area contributed by atoms with Gasteiger partial charge in [0.05, 0.1) is 11.0 Å². The fraction of sp³-hybridized carbons (Fsp3) is 0.435. The number of hydrogen-bond acceptors (Lipinski definition) is 7. The van der Waals surface area contributed by atoms with E-state index in [0.717, 1.165) is 23.6 Å². The number of benzene rings is 1. The summed E-state index contributed by atoms with van der Waals surface area (Å²) in [5.41, 5.74) is 1.41. The third kappa shape index (κ3) is 4.80. The number of aromatic amines is 1. The molecule has 0 spiro atoms. The molecule has 33 heavy (non-hydrogen) atoms. The molecule has 1 aliphatic heterocycles. The second kappa shape index (κ2) is 9.78. The molecule has 1 aromatic carbocycles. The van der Waals surface area contributed by atoms with Gasteiger partial charge in [-0.3, -0.25) is 9.59 Å². The molecule has 0 radical (unpaired) electrons. The summed E-state index contributed by atoms with van der Waals surface area (Å²) in [5, 5.41) is 5.16. The van der Waals surface area contributed by atoms with E-state index in [1.54, 1.807) is 24.8 Å². The smallest absolute Gasteiger partial charge is 0.347 e. The zero-order valence-corrected chi connectivity index (χ0v) is 19.4. The van der Waals surface area contributed by atoms with Gasteiger partial charge in [-0.05, 0) is 25.0 Å². The largest absolute Gasteiger partial charge is 0.458 e. The number of para-hydroxylation sites is 1. The van der Waals surface area contributed by atoms with E-state index in [9.17, 15) is 19.2 Å². The number of fused-ring (bicyclic) bond motifs is 3. The molecule has 3 heterocycles. The minimum absolute atomic E-state index is 0.0473. The summed E-state index contributed by atoms with van der Waals surface area (Å²) in [6.45, 7) is 3.96. The number of rotatable bonds is 7. The van der Waals surface area contributed by atoms with Crippen LogP contribution < -0.4 is 5.69 Å². The number of thioether (sulfide) groups is 1. The summed E-state index contributed by atoms with van der Waals surface area (Å²) in [6, 6.07) is 8.49. The van der Waals surface area contributed by atoms with Gasteiger partial charge in [0, 0.05) is 30.0 Å². The molecule has 2 atom stereocenters. The van der Waals surface area contributed by atoms with Gasteiger partial charge in [-0.2, -0.15) is 9.61 Å². The molecular formula is C23H26N4O5S. The van der Waals surface area contributed by atoms with Crippen molar-refractivity contribution in [3.05, 3.63) is 46.5 Å². The van der Waals surface area contributed by atoms with Crippen LogP contribution in [0.3, 0.4) is 0 Å². The summed E-state index contributed by atoms with van der Waals surface area (Å²) >= 11 is 1.15. The summed E-state index contributed by atoms with van der Waals surface area (Å²) in [5.74, 6) is -0.594. The van der Waals surface area contributed by atoms with E-state index in [1.165, 1.54) is 4.52 Å². The normalized spacial score (nSPS) is 16.9.